The van der Waals surface area contributed by atoms with Gasteiger partial charge in [0, 0.05) is 13.0 Å². The summed E-state index contributed by atoms with van der Waals surface area (Å²) in [7, 11) is -4.27. The Hall–Kier alpha value is -1.18. The van der Waals surface area contributed by atoms with Crippen molar-refractivity contribution in [1.29, 1.82) is 0 Å². The van der Waals surface area contributed by atoms with E-state index in [1.54, 1.807) is 6.26 Å². The van der Waals surface area contributed by atoms with Gasteiger partial charge in [0.1, 0.15) is 6.61 Å². The SMILES string of the molecule is CCCCCCCCC=CCCCCCCCCCCCCCC(=O)OC[C@H](COP(=O)(O)OCCN)OC=CCCCCCCCCCCCCCCCC. The predicted octanol–water partition coefficient (Wildman–Crippen LogP) is 14.8. The summed E-state index contributed by atoms with van der Waals surface area (Å²) in [6, 6.07) is 0. The number of unbranched alkanes of at least 4 members (excludes halogenated alkanes) is 31. The average Bonchev–Trinajstić information content (AvgIpc) is 3.19. The second-order valence-electron chi connectivity index (χ2n) is 16.0. The lowest BCUT2D eigenvalue weighted by Crippen LogP contribution is -2.25. The zero-order valence-corrected chi connectivity index (χ0v) is 37.8. The van der Waals surface area contributed by atoms with E-state index in [4.69, 9.17) is 24.3 Å². The number of hydrogen-bond donors (Lipinski definition) is 2. The highest BCUT2D eigenvalue weighted by molar-refractivity contribution is 7.47. The molecule has 0 saturated heterocycles. The first-order valence-electron chi connectivity index (χ1n) is 23.9. The number of carbonyl (C=O) groups is 1. The molecule has 2 atom stereocenters. The zero-order chi connectivity index (χ0) is 40.9. The van der Waals surface area contributed by atoms with Gasteiger partial charge < -0.3 is 20.1 Å². The summed E-state index contributed by atoms with van der Waals surface area (Å²) in [6.45, 7) is 4.25. The van der Waals surface area contributed by atoms with Gasteiger partial charge in [-0.2, -0.15) is 0 Å². The van der Waals surface area contributed by atoms with Crippen molar-refractivity contribution in [2.24, 2.45) is 5.73 Å². The fourth-order valence-corrected chi connectivity index (χ4v) is 7.62. The van der Waals surface area contributed by atoms with Gasteiger partial charge >= 0.3 is 13.8 Å². The van der Waals surface area contributed by atoms with Gasteiger partial charge in [-0.25, -0.2) is 4.57 Å². The molecule has 0 radical (unpaired) electrons. The molecule has 0 rings (SSSR count). The summed E-state index contributed by atoms with van der Waals surface area (Å²) in [5, 5.41) is 0. The van der Waals surface area contributed by atoms with Crippen LogP contribution in [-0.2, 0) is 27.9 Å². The Bertz CT molecular complexity index is 915. The number of phosphoric acid groups is 1. The van der Waals surface area contributed by atoms with Gasteiger partial charge in [-0.15, -0.1) is 0 Å². The van der Waals surface area contributed by atoms with E-state index in [0.717, 1.165) is 32.1 Å². The summed E-state index contributed by atoms with van der Waals surface area (Å²) >= 11 is 0. The maximum atomic E-state index is 12.4. The Balaban J connectivity index is 3.97. The minimum absolute atomic E-state index is 0.0606. The lowest BCUT2D eigenvalue weighted by atomic mass is 10.0. The second kappa shape index (κ2) is 44.9. The number of hydrogen-bond acceptors (Lipinski definition) is 7. The Morgan fingerprint density at radius 3 is 1.32 bits per heavy atom. The van der Waals surface area contributed by atoms with Gasteiger partial charge in [0.15, 0.2) is 6.10 Å². The molecule has 3 N–H and O–H groups in total. The normalized spacial score (nSPS) is 13.5. The first-order chi connectivity index (χ1) is 27.4. The maximum absolute atomic E-state index is 12.4. The molecular formula is C47H92NO7P. The molecule has 0 saturated carbocycles. The fourth-order valence-electron chi connectivity index (χ4n) is 6.86. The van der Waals surface area contributed by atoms with Crippen LogP contribution in [0.5, 0.6) is 0 Å². The summed E-state index contributed by atoms with van der Waals surface area (Å²) in [6.07, 6.45) is 51.6. The average molecular weight is 814 g/mol. The van der Waals surface area contributed by atoms with Crippen molar-refractivity contribution in [2.45, 2.75) is 245 Å². The molecule has 0 aliphatic rings. The van der Waals surface area contributed by atoms with Gasteiger partial charge in [-0.3, -0.25) is 13.8 Å². The predicted molar refractivity (Wildman–Crippen MR) is 238 cm³/mol. The Morgan fingerprint density at radius 2 is 0.911 bits per heavy atom. The van der Waals surface area contributed by atoms with Crippen molar-refractivity contribution >= 4 is 13.8 Å². The monoisotopic (exact) mass is 814 g/mol. The van der Waals surface area contributed by atoms with Gasteiger partial charge in [-0.1, -0.05) is 199 Å². The van der Waals surface area contributed by atoms with Gasteiger partial charge in [0.2, 0.25) is 0 Å². The standard InChI is InChI=1S/C47H92NO7P/c1-3-5-7-9-11-13-15-17-19-21-22-23-24-25-26-28-30-32-34-36-38-40-47(49)53-44-46(45-55-56(50,51)54-43-41-48)52-42-39-37-35-33-31-29-27-20-18-16-14-12-10-8-6-4-2/h17,19,39,42,46H,3-16,18,20-38,40-41,43-45,48H2,1-2H3,(H,50,51)/t46-/m1/s1. The highest BCUT2D eigenvalue weighted by atomic mass is 31.2. The van der Waals surface area contributed by atoms with Crippen LogP contribution in [0.25, 0.3) is 0 Å². The van der Waals surface area contributed by atoms with Crippen molar-refractivity contribution in [3.8, 4) is 0 Å². The number of allylic oxidation sites excluding steroid dienone is 3. The minimum Gasteiger partial charge on any atom is -0.492 e. The summed E-state index contributed by atoms with van der Waals surface area (Å²) < 4.78 is 33.3. The molecule has 8 nitrogen and oxygen atoms in total. The quantitative estimate of drug-likeness (QED) is 0.0205. The first-order valence-corrected chi connectivity index (χ1v) is 25.4. The highest BCUT2D eigenvalue weighted by Gasteiger charge is 2.24. The van der Waals surface area contributed by atoms with Gasteiger partial charge in [-0.05, 0) is 51.0 Å². The van der Waals surface area contributed by atoms with Crippen molar-refractivity contribution < 1.29 is 32.8 Å². The number of nitrogens with two attached hydrogens (primary N) is 1. The van der Waals surface area contributed by atoms with Crippen LogP contribution >= 0.6 is 7.82 Å². The third kappa shape index (κ3) is 43.9. The molecule has 0 aliphatic carbocycles. The van der Waals surface area contributed by atoms with E-state index in [1.807, 2.05) is 6.08 Å². The topological polar surface area (TPSA) is 117 Å². The van der Waals surface area contributed by atoms with E-state index in [-0.39, 0.29) is 32.3 Å². The van der Waals surface area contributed by atoms with E-state index in [0.29, 0.717) is 6.42 Å². The molecule has 1 unspecified atom stereocenters. The van der Waals surface area contributed by atoms with E-state index >= 15 is 0 Å². The van der Waals surface area contributed by atoms with Crippen LogP contribution in [-0.4, -0.2) is 43.3 Å². The van der Waals surface area contributed by atoms with Crippen LogP contribution in [0.2, 0.25) is 0 Å². The van der Waals surface area contributed by atoms with Crippen molar-refractivity contribution in [3.63, 3.8) is 0 Å². The van der Waals surface area contributed by atoms with E-state index < -0.39 is 13.9 Å². The van der Waals surface area contributed by atoms with Crippen molar-refractivity contribution in [2.75, 3.05) is 26.4 Å². The molecule has 0 aromatic carbocycles. The maximum Gasteiger partial charge on any atom is 0.472 e. The molecule has 56 heavy (non-hydrogen) atoms. The van der Waals surface area contributed by atoms with Gasteiger partial charge in [0.25, 0.3) is 0 Å². The van der Waals surface area contributed by atoms with E-state index in [2.05, 4.69) is 26.0 Å². The zero-order valence-electron chi connectivity index (χ0n) is 36.9. The van der Waals surface area contributed by atoms with E-state index in [1.165, 1.54) is 186 Å². The molecule has 0 bridgehead atoms. The molecule has 332 valence electrons. The molecule has 9 heteroatoms. The van der Waals surface area contributed by atoms with Crippen LogP contribution in [0.1, 0.15) is 239 Å². The third-order valence-corrected chi connectivity index (χ3v) is 11.4. The Kier molecular flexibility index (Phi) is 44.0. The highest BCUT2D eigenvalue weighted by Crippen LogP contribution is 2.43. The number of rotatable bonds is 46. The largest absolute Gasteiger partial charge is 0.492 e. The number of carbonyl (C=O) groups excluding carboxylic acids is 1. The molecule has 0 fully saturated rings. The summed E-state index contributed by atoms with van der Waals surface area (Å²) in [5.74, 6) is -0.287. The van der Waals surface area contributed by atoms with Crippen molar-refractivity contribution in [1.82, 2.24) is 0 Å². The summed E-state index contributed by atoms with van der Waals surface area (Å²) in [5.41, 5.74) is 5.38. The minimum atomic E-state index is -4.27. The molecular weight excluding hydrogens is 721 g/mol. The number of esters is 1. The van der Waals surface area contributed by atoms with Crippen LogP contribution in [0.3, 0.4) is 0 Å². The lowest BCUT2D eigenvalue weighted by molar-refractivity contribution is -0.147. The Morgan fingerprint density at radius 1 is 0.536 bits per heavy atom. The molecule has 0 spiro atoms. The first kappa shape index (κ1) is 54.8. The van der Waals surface area contributed by atoms with Crippen LogP contribution in [0, 0.1) is 0 Å². The van der Waals surface area contributed by atoms with Crippen LogP contribution < -0.4 is 5.73 Å². The lowest BCUT2D eigenvalue weighted by Gasteiger charge is -2.19. The van der Waals surface area contributed by atoms with Gasteiger partial charge in [0.05, 0.1) is 19.5 Å². The molecule has 0 aliphatic heterocycles. The smallest absolute Gasteiger partial charge is 0.472 e. The summed E-state index contributed by atoms with van der Waals surface area (Å²) in [4.78, 5) is 22.3. The fraction of sp³-hybridized carbons (Fsp3) is 0.894. The number of phosphoric ester groups is 1. The third-order valence-electron chi connectivity index (χ3n) is 10.5. The molecule has 0 amide bonds. The van der Waals surface area contributed by atoms with Crippen LogP contribution in [0.15, 0.2) is 24.5 Å². The molecule has 0 heterocycles. The number of ether oxygens (including phenoxy) is 2. The van der Waals surface area contributed by atoms with E-state index in [9.17, 15) is 14.3 Å². The van der Waals surface area contributed by atoms with Crippen molar-refractivity contribution in [3.05, 3.63) is 24.5 Å². The molecule has 0 aromatic heterocycles. The van der Waals surface area contributed by atoms with Crippen LogP contribution in [0.4, 0.5) is 0 Å². The molecule has 0 aromatic rings. The second-order valence-corrected chi connectivity index (χ2v) is 17.5. The Labute approximate surface area is 346 Å².